The third kappa shape index (κ3) is 5.58. The van der Waals surface area contributed by atoms with Crippen LogP contribution in [0, 0.1) is 0 Å². The summed E-state index contributed by atoms with van der Waals surface area (Å²) in [5.74, 6) is 1.53. The van der Waals surface area contributed by atoms with Crippen LogP contribution in [-0.4, -0.2) is 72.5 Å². The second-order valence-electron chi connectivity index (χ2n) is 8.35. The number of nitrogens with one attached hydrogen (secondary N) is 3. The number of carbonyl (C=O) groups is 2. The lowest BCUT2D eigenvalue weighted by molar-refractivity contribution is -0.130. The van der Waals surface area contributed by atoms with Gasteiger partial charge in [0.25, 0.3) is 5.91 Å². The summed E-state index contributed by atoms with van der Waals surface area (Å²) in [7, 11) is 0. The summed E-state index contributed by atoms with van der Waals surface area (Å²) >= 11 is 0. The normalized spacial score (nSPS) is 23.3. The molecule has 3 amide bonds. The van der Waals surface area contributed by atoms with Crippen LogP contribution in [0.15, 0.2) is 27.8 Å². The van der Waals surface area contributed by atoms with Crippen LogP contribution in [0.2, 0.25) is 0 Å². The topological polar surface area (TPSA) is 102 Å². The van der Waals surface area contributed by atoms with Gasteiger partial charge in [0, 0.05) is 19.6 Å². The number of furan rings is 1. The lowest BCUT2D eigenvalue weighted by atomic mass is 9.99. The highest BCUT2D eigenvalue weighted by atomic mass is 16.3. The Balaban J connectivity index is 1.52. The zero-order valence-electron chi connectivity index (χ0n) is 18.9. The monoisotopic (exact) mass is 432 g/mol. The Hall–Kier alpha value is -2.55. The molecule has 31 heavy (non-hydrogen) atoms. The van der Waals surface area contributed by atoms with Crippen LogP contribution in [0.5, 0.6) is 0 Å². The molecule has 3 N–H and O–H groups in total. The molecule has 9 nitrogen and oxygen atoms in total. The number of guanidine groups is 1. The van der Waals surface area contributed by atoms with Crippen molar-refractivity contribution in [2.24, 2.45) is 4.99 Å². The van der Waals surface area contributed by atoms with E-state index in [1.165, 1.54) is 17.7 Å². The second-order valence-corrected chi connectivity index (χ2v) is 8.35. The molecule has 2 unspecified atom stereocenters. The number of nitrogens with zero attached hydrogens (tertiary/aromatic N) is 3. The maximum Gasteiger partial charge on any atom is 0.325 e. The number of amides is 3. The minimum Gasteiger partial charge on any atom is -0.468 e. The predicted octanol–water partition coefficient (Wildman–Crippen LogP) is 2.08. The van der Waals surface area contributed by atoms with Gasteiger partial charge in [-0.2, -0.15) is 0 Å². The van der Waals surface area contributed by atoms with Gasteiger partial charge in [-0.15, -0.1) is 0 Å². The Morgan fingerprint density at radius 3 is 2.68 bits per heavy atom. The Bertz CT molecular complexity index is 759. The van der Waals surface area contributed by atoms with Crippen molar-refractivity contribution in [2.45, 2.75) is 58.0 Å². The van der Waals surface area contributed by atoms with Crippen LogP contribution >= 0.6 is 0 Å². The fourth-order valence-electron chi connectivity index (χ4n) is 4.07. The average Bonchev–Trinajstić information content (AvgIpc) is 3.51. The van der Waals surface area contributed by atoms with Gasteiger partial charge in [0.2, 0.25) is 0 Å². The van der Waals surface area contributed by atoms with E-state index in [1.54, 1.807) is 13.2 Å². The molecular formula is C22H36N6O3. The van der Waals surface area contributed by atoms with Crippen LogP contribution in [0.4, 0.5) is 4.79 Å². The molecule has 2 aliphatic rings. The van der Waals surface area contributed by atoms with E-state index in [0.717, 1.165) is 31.4 Å². The minimum absolute atomic E-state index is 0.130. The van der Waals surface area contributed by atoms with E-state index < -0.39 is 5.54 Å². The lowest BCUT2D eigenvalue weighted by Crippen LogP contribution is -2.43. The van der Waals surface area contributed by atoms with Gasteiger partial charge in [0.1, 0.15) is 11.3 Å². The van der Waals surface area contributed by atoms with E-state index in [2.05, 4.69) is 20.9 Å². The van der Waals surface area contributed by atoms with Crippen molar-refractivity contribution in [1.82, 2.24) is 25.8 Å². The van der Waals surface area contributed by atoms with Crippen molar-refractivity contribution >= 4 is 17.9 Å². The van der Waals surface area contributed by atoms with Crippen molar-refractivity contribution in [2.75, 3.05) is 39.3 Å². The summed E-state index contributed by atoms with van der Waals surface area (Å²) < 4.78 is 5.67. The van der Waals surface area contributed by atoms with Crippen molar-refractivity contribution in [3.63, 3.8) is 0 Å². The Kier molecular flexibility index (Phi) is 7.95. The molecule has 1 aromatic rings. The van der Waals surface area contributed by atoms with Crippen LogP contribution in [0.3, 0.4) is 0 Å². The standard InChI is InChI=1S/C22H36N6O3/c1-4-22(3)19(29)28(21(30)26-22)14-9-11-24-20(23-5-2)25-16-17(18-10-8-15-31-18)27-12-6-7-13-27/h8,10,15,17H,4-7,9,11-14,16H2,1-3H3,(H,26,30)(H2,23,24,25). The van der Waals surface area contributed by atoms with Gasteiger partial charge < -0.3 is 20.4 Å². The van der Waals surface area contributed by atoms with Crippen molar-refractivity contribution in [1.29, 1.82) is 0 Å². The number of urea groups is 1. The summed E-state index contributed by atoms with van der Waals surface area (Å²) in [6, 6.07) is 3.76. The molecule has 2 saturated heterocycles. The molecule has 3 rings (SSSR count). The van der Waals surface area contributed by atoms with E-state index >= 15 is 0 Å². The molecule has 0 spiro atoms. The summed E-state index contributed by atoms with van der Waals surface area (Å²) in [4.78, 5) is 33.1. The lowest BCUT2D eigenvalue weighted by Gasteiger charge is -2.24. The first kappa shape index (κ1) is 23.1. The molecule has 1 aromatic heterocycles. The van der Waals surface area contributed by atoms with E-state index in [4.69, 9.17) is 9.41 Å². The fraction of sp³-hybridized carbons (Fsp3) is 0.682. The zero-order valence-corrected chi connectivity index (χ0v) is 18.9. The first-order valence-electron chi connectivity index (χ1n) is 11.4. The number of imide groups is 1. The molecule has 0 bridgehead atoms. The van der Waals surface area contributed by atoms with Gasteiger partial charge in [-0.3, -0.25) is 19.6 Å². The Labute approximate surface area is 184 Å². The van der Waals surface area contributed by atoms with Crippen LogP contribution in [-0.2, 0) is 4.79 Å². The van der Waals surface area contributed by atoms with E-state index in [1.807, 2.05) is 26.0 Å². The summed E-state index contributed by atoms with van der Waals surface area (Å²) in [5, 5.41) is 9.38. The fourth-order valence-corrected chi connectivity index (χ4v) is 4.07. The summed E-state index contributed by atoms with van der Waals surface area (Å²) in [5.41, 5.74) is -0.780. The molecule has 3 heterocycles. The molecule has 2 atom stereocenters. The van der Waals surface area contributed by atoms with E-state index in [-0.39, 0.29) is 18.0 Å². The first-order valence-corrected chi connectivity index (χ1v) is 11.4. The van der Waals surface area contributed by atoms with E-state index in [9.17, 15) is 9.59 Å². The Morgan fingerprint density at radius 2 is 2.06 bits per heavy atom. The second kappa shape index (κ2) is 10.7. The number of hydrogen-bond donors (Lipinski definition) is 3. The van der Waals surface area contributed by atoms with Gasteiger partial charge in [-0.05, 0) is 64.8 Å². The van der Waals surface area contributed by atoms with Crippen LogP contribution in [0.25, 0.3) is 0 Å². The number of carbonyl (C=O) groups excluding carboxylic acids is 2. The van der Waals surface area contributed by atoms with Gasteiger partial charge in [0.15, 0.2) is 5.96 Å². The third-order valence-corrected chi connectivity index (χ3v) is 6.12. The highest BCUT2D eigenvalue weighted by Gasteiger charge is 2.45. The molecule has 0 saturated carbocycles. The predicted molar refractivity (Wildman–Crippen MR) is 120 cm³/mol. The zero-order chi connectivity index (χ0) is 22.3. The summed E-state index contributed by atoms with van der Waals surface area (Å²) in [6.07, 6.45) is 5.36. The average molecular weight is 433 g/mol. The maximum absolute atomic E-state index is 12.5. The van der Waals surface area contributed by atoms with Gasteiger partial charge in [-0.1, -0.05) is 6.92 Å². The van der Waals surface area contributed by atoms with Gasteiger partial charge in [-0.25, -0.2) is 4.79 Å². The number of rotatable bonds is 10. The SMILES string of the molecule is CCNC(=NCC(c1ccco1)N1CCCC1)NCCCN1C(=O)NC(C)(CC)C1=O. The van der Waals surface area contributed by atoms with E-state index in [0.29, 0.717) is 32.5 Å². The number of hydrogen-bond acceptors (Lipinski definition) is 5. The first-order chi connectivity index (χ1) is 15.0. The highest BCUT2D eigenvalue weighted by molar-refractivity contribution is 6.06. The summed E-state index contributed by atoms with van der Waals surface area (Å²) in [6.45, 7) is 10.2. The molecule has 172 valence electrons. The molecule has 0 radical (unpaired) electrons. The van der Waals surface area contributed by atoms with Crippen LogP contribution in [0.1, 0.15) is 58.3 Å². The molecular weight excluding hydrogens is 396 g/mol. The molecule has 2 aliphatic heterocycles. The maximum atomic E-state index is 12.5. The largest absolute Gasteiger partial charge is 0.468 e. The minimum atomic E-state index is -0.780. The molecule has 0 aliphatic carbocycles. The highest BCUT2D eigenvalue weighted by Crippen LogP contribution is 2.25. The molecule has 2 fully saturated rings. The van der Waals surface area contributed by atoms with Gasteiger partial charge >= 0.3 is 6.03 Å². The third-order valence-electron chi connectivity index (χ3n) is 6.12. The number of aliphatic imine (C=N–C) groups is 1. The molecule has 0 aromatic carbocycles. The number of likely N-dealkylation sites (tertiary alicyclic amines) is 1. The van der Waals surface area contributed by atoms with Crippen molar-refractivity contribution < 1.29 is 14.0 Å². The quantitative estimate of drug-likeness (QED) is 0.226. The molecule has 9 heteroatoms. The van der Waals surface area contributed by atoms with Crippen molar-refractivity contribution in [3.05, 3.63) is 24.2 Å². The van der Waals surface area contributed by atoms with Crippen molar-refractivity contribution in [3.8, 4) is 0 Å². The smallest absolute Gasteiger partial charge is 0.325 e. The Morgan fingerprint density at radius 1 is 1.29 bits per heavy atom. The van der Waals surface area contributed by atoms with Gasteiger partial charge in [0.05, 0.1) is 18.8 Å². The van der Waals surface area contributed by atoms with Crippen LogP contribution < -0.4 is 16.0 Å².